The van der Waals surface area contributed by atoms with Crippen LogP contribution in [0, 0.1) is 0 Å². The minimum Gasteiger partial charge on any atom is -0.484 e. The van der Waals surface area contributed by atoms with Crippen molar-refractivity contribution >= 4 is 23.4 Å². The summed E-state index contributed by atoms with van der Waals surface area (Å²) in [6.07, 6.45) is 5.51. The Morgan fingerprint density at radius 1 is 1.10 bits per heavy atom. The van der Waals surface area contributed by atoms with Crippen molar-refractivity contribution in [3.8, 4) is 5.75 Å². The molecule has 0 heterocycles. The highest BCUT2D eigenvalue weighted by Crippen LogP contribution is 2.19. The number of hydrogen-bond acceptors (Lipinski definition) is 3. The summed E-state index contributed by atoms with van der Waals surface area (Å²) in [5.41, 5.74) is 0.964. The molecule has 2 amide bonds. The van der Waals surface area contributed by atoms with Gasteiger partial charge >= 0.3 is 0 Å². The summed E-state index contributed by atoms with van der Waals surface area (Å²) in [6, 6.07) is 16.2. The van der Waals surface area contributed by atoms with Crippen LogP contribution >= 0.6 is 11.6 Å². The standard InChI is InChI=1S/C24H29ClN2O3/c1-18(24(29)26-21-12-6-3-7-13-21)27(16-19-9-4-2-5-10-19)23(28)17-30-22-14-8-11-20(25)15-22/h2,4-5,8-11,14-15,18,21H,3,6-7,12-13,16-17H2,1H3,(H,26,29)/t18-/m1/s1. The number of nitrogens with zero attached hydrogens (tertiary/aromatic N) is 1. The van der Waals surface area contributed by atoms with Crippen LogP contribution in [0.3, 0.4) is 0 Å². The van der Waals surface area contributed by atoms with Gasteiger partial charge in [-0.2, -0.15) is 0 Å². The molecule has 0 aliphatic heterocycles. The van der Waals surface area contributed by atoms with E-state index in [1.165, 1.54) is 6.42 Å². The number of amides is 2. The fourth-order valence-electron chi connectivity index (χ4n) is 3.72. The number of carbonyl (C=O) groups excluding carboxylic acids is 2. The molecule has 1 atom stereocenters. The van der Waals surface area contributed by atoms with E-state index in [2.05, 4.69) is 5.32 Å². The summed E-state index contributed by atoms with van der Waals surface area (Å²) in [5.74, 6) is 0.161. The Morgan fingerprint density at radius 3 is 2.53 bits per heavy atom. The Hall–Kier alpha value is -2.53. The maximum Gasteiger partial charge on any atom is 0.261 e. The monoisotopic (exact) mass is 428 g/mol. The van der Waals surface area contributed by atoms with Crippen LogP contribution in [0.4, 0.5) is 0 Å². The van der Waals surface area contributed by atoms with Crippen LogP contribution in [0.25, 0.3) is 0 Å². The molecule has 6 heteroatoms. The summed E-state index contributed by atoms with van der Waals surface area (Å²) < 4.78 is 5.64. The number of hydrogen-bond donors (Lipinski definition) is 1. The van der Waals surface area contributed by atoms with Gasteiger partial charge in [-0.1, -0.05) is 67.3 Å². The highest BCUT2D eigenvalue weighted by Gasteiger charge is 2.28. The molecular weight excluding hydrogens is 400 g/mol. The average Bonchev–Trinajstić information content (AvgIpc) is 2.77. The van der Waals surface area contributed by atoms with E-state index in [0.29, 0.717) is 17.3 Å². The minimum absolute atomic E-state index is 0.117. The maximum atomic E-state index is 13.0. The van der Waals surface area contributed by atoms with Gasteiger partial charge in [0, 0.05) is 17.6 Å². The summed E-state index contributed by atoms with van der Waals surface area (Å²) >= 11 is 5.99. The second kappa shape index (κ2) is 11.0. The number of carbonyl (C=O) groups is 2. The molecule has 1 aliphatic carbocycles. The third kappa shape index (κ3) is 6.49. The molecule has 0 bridgehead atoms. The van der Waals surface area contributed by atoms with Crippen molar-refractivity contribution in [2.75, 3.05) is 6.61 Å². The molecule has 1 aliphatic rings. The van der Waals surface area contributed by atoms with Crippen molar-refractivity contribution in [1.29, 1.82) is 0 Å². The summed E-state index contributed by atoms with van der Waals surface area (Å²) in [4.78, 5) is 27.5. The van der Waals surface area contributed by atoms with E-state index < -0.39 is 6.04 Å². The SMILES string of the molecule is C[C@H](C(=O)NC1CCCCC1)N(Cc1ccccc1)C(=O)COc1cccc(Cl)c1. The summed E-state index contributed by atoms with van der Waals surface area (Å²) in [5, 5.41) is 3.67. The number of benzene rings is 2. The summed E-state index contributed by atoms with van der Waals surface area (Å²) in [7, 11) is 0. The Bertz CT molecular complexity index is 837. The van der Waals surface area contributed by atoms with E-state index in [4.69, 9.17) is 16.3 Å². The minimum atomic E-state index is -0.595. The average molecular weight is 429 g/mol. The fourth-order valence-corrected chi connectivity index (χ4v) is 3.90. The second-order valence-electron chi connectivity index (χ2n) is 7.77. The third-order valence-corrected chi connectivity index (χ3v) is 5.71. The van der Waals surface area contributed by atoms with Gasteiger partial charge in [-0.05, 0) is 43.5 Å². The Kier molecular flexibility index (Phi) is 8.14. The molecule has 5 nitrogen and oxygen atoms in total. The zero-order valence-corrected chi connectivity index (χ0v) is 18.1. The van der Waals surface area contributed by atoms with Crippen LogP contribution in [-0.2, 0) is 16.1 Å². The smallest absolute Gasteiger partial charge is 0.261 e. The first-order valence-electron chi connectivity index (χ1n) is 10.5. The summed E-state index contributed by atoms with van der Waals surface area (Å²) in [6.45, 7) is 1.96. The van der Waals surface area contributed by atoms with Crippen molar-refractivity contribution in [1.82, 2.24) is 10.2 Å². The first-order valence-corrected chi connectivity index (χ1v) is 10.9. The molecule has 30 heavy (non-hydrogen) atoms. The van der Waals surface area contributed by atoms with Crippen molar-refractivity contribution in [2.45, 2.75) is 57.7 Å². The second-order valence-corrected chi connectivity index (χ2v) is 8.21. The number of rotatable bonds is 8. The van der Waals surface area contributed by atoms with Crippen LogP contribution in [0.1, 0.15) is 44.6 Å². The predicted molar refractivity (Wildman–Crippen MR) is 118 cm³/mol. The molecule has 2 aromatic carbocycles. The molecule has 0 saturated heterocycles. The van der Waals surface area contributed by atoms with Crippen molar-refractivity contribution < 1.29 is 14.3 Å². The molecule has 1 saturated carbocycles. The van der Waals surface area contributed by atoms with E-state index in [1.54, 1.807) is 36.1 Å². The Balaban J connectivity index is 1.68. The first kappa shape index (κ1) is 22.2. The molecule has 1 fully saturated rings. The molecule has 0 aromatic heterocycles. The predicted octanol–water partition coefficient (Wildman–Crippen LogP) is 4.59. The molecule has 2 aromatic rings. The van der Waals surface area contributed by atoms with Crippen molar-refractivity contribution in [3.05, 3.63) is 65.2 Å². The highest BCUT2D eigenvalue weighted by atomic mass is 35.5. The molecular formula is C24H29ClN2O3. The number of nitrogens with one attached hydrogen (secondary N) is 1. The van der Waals surface area contributed by atoms with Crippen LogP contribution in [0.2, 0.25) is 5.02 Å². The quantitative estimate of drug-likeness (QED) is 0.669. The van der Waals surface area contributed by atoms with E-state index >= 15 is 0 Å². The van der Waals surface area contributed by atoms with E-state index in [0.717, 1.165) is 31.2 Å². The Morgan fingerprint density at radius 2 is 1.83 bits per heavy atom. The van der Waals surface area contributed by atoms with Gasteiger partial charge < -0.3 is 15.0 Å². The Labute approximate surface area is 183 Å². The van der Waals surface area contributed by atoms with Crippen LogP contribution in [-0.4, -0.2) is 35.4 Å². The zero-order valence-electron chi connectivity index (χ0n) is 17.4. The van der Waals surface area contributed by atoms with Crippen LogP contribution < -0.4 is 10.1 Å². The molecule has 3 rings (SSSR count). The molecule has 1 N–H and O–H groups in total. The molecule has 0 spiro atoms. The normalized spacial score (nSPS) is 15.3. The van der Waals surface area contributed by atoms with Gasteiger partial charge in [0.15, 0.2) is 6.61 Å². The van der Waals surface area contributed by atoms with Gasteiger partial charge in [-0.15, -0.1) is 0 Å². The fraction of sp³-hybridized carbons (Fsp3) is 0.417. The number of ether oxygens (including phenoxy) is 1. The zero-order chi connectivity index (χ0) is 21.3. The lowest BCUT2D eigenvalue weighted by atomic mass is 9.95. The van der Waals surface area contributed by atoms with Gasteiger partial charge in [0.25, 0.3) is 5.91 Å². The number of halogens is 1. The lowest BCUT2D eigenvalue weighted by Gasteiger charge is -2.31. The van der Waals surface area contributed by atoms with E-state index in [-0.39, 0.29) is 24.5 Å². The van der Waals surface area contributed by atoms with E-state index in [1.807, 2.05) is 30.3 Å². The van der Waals surface area contributed by atoms with Gasteiger partial charge in [0.1, 0.15) is 11.8 Å². The molecule has 0 unspecified atom stereocenters. The van der Waals surface area contributed by atoms with Crippen LogP contribution in [0.5, 0.6) is 5.75 Å². The lowest BCUT2D eigenvalue weighted by Crippen LogP contribution is -2.51. The molecule has 160 valence electrons. The largest absolute Gasteiger partial charge is 0.484 e. The van der Waals surface area contributed by atoms with Crippen molar-refractivity contribution in [2.24, 2.45) is 0 Å². The third-order valence-electron chi connectivity index (χ3n) is 5.47. The highest BCUT2D eigenvalue weighted by molar-refractivity contribution is 6.30. The lowest BCUT2D eigenvalue weighted by molar-refractivity contribution is -0.142. The first-order chi connectivity index (χ1) is 14.5. The molecule has 0 radical (unpaired) electrons. The van der Waals surface area contributed by atoms with Crippen LogP contribution in [0.15, 0.2) is 54.6 Å². The maximum absolute atomic E-state index is 13.0. The van der Waals surface area contributed by atoms with Crippen molar-refractivity contribution in [3.63, 3.8) is 0 Å². The van der Waals surface area contributed by atoms with E-state index in [9.17, 15) is 9.59 Å². The topological polar surface area (TPSA) is 58.6 Å². The van der Waals surface area contributed by atoms with Gasteiger partial charge in [-0.25, -0.2) is 0 Å². The van der Waals surface area contributed by atoms with Gasteiger partial charge in [-0.3, -0.25) is 9.59 Å². The van der Waals surface area contributed by atoms with Gasteiger partial charge in [0.2, 0.25) is 5.91 Å². The van der Waals surface area contributed by atoms with Gasteiger partial charge in [0.05, 0.1) is 0 Å².